The predicted molar refractivity (Wildman–Crippen MR) is 84.8 cm³/mol. The molecule has 4 heteroatoms. The molecule has 0 aromatic heterocycles. The van der Waals surface area contributed by atoms with E-state index in [1.54, 1.807) is 0 Å². The molecule has 1 heterocycles. The fraction of sp³-hybridized carbons (Fsp3) is 0.235. The quantitative estimate of drug-likeness (QED) is 0.850. The Morgan fingerprint density at radius 3 is 2.62 bits per heavy atom. The van der Waals surface area contributed by atoms with E-state index in [0.717, 1.165) is 24.5 Å². The van der Waals surface area contributed by atoms with Crippen LogP contribution in [0.1, 0.15) is 16.7 Å². The molecule has 3 rings (SSSR count). The highest BCUT2D eigenvalue weighted by Gasteiger charge is 2.20. The monoisotopic (exact) mass is 281 g/mol. The van der Waals surface area contributed by atoms with Crippen molar-refractivity contribution in [3.05, 3.63) is 59.2 Å². The number of hydrogen-bond donors (Lipinski definition) is 2. The minimum absolute atomic E-state index is 0.0135. The third kappa shape index (κ3) is 3.23. The van der Waals surface area contributed by atoms with Crippen LogP contribution in [0.3, 0.4) is 0 Å². The molecule has 21 heavy (non-hydrogen) atoms. The van der Waals surface area contributed by atoms with E-state index in [9.17, 15) is 4.79 Å². The van der Waals surface area contributed by atoms with Crippen LogP contribution in [0.4, 0.5) is 11.4 Å². The van der Waals surface area contributed by atoms with Gasteiger partial charge >= 0.3 is 0 Å². The number of aryl methyl sites for hydroxylation is 1. The summed E-state index contributed by atoms with van der Waals surface area (Å²) in [6, 6.07) is 13.8. The van der Waals surface area contributed by atoms with Crippen LogP contribution in [0.25, 0.3) is 0 Å². The smallest absolute Gasteiger partial charge is 0.238 e. The highest BCUT2D eigenvalue weighted by molar-refractivity contribution is 5.92. The normalized spacial score (nSPS) is 14.0. The lowest BCUT2D eigenvalue weighted by Gasteiger charge is -2.14. The van der Waals surface area contributed by atoms with Crippen LogP contribution in [0, 0.1) is 6.92 Å². The molecule has 0 fully saturated rings. The van der Waals surface area contributed by atoms with Crippen molar-refractivity contribution in [2.45, 2.75) is 20.0 Å². The predicted octanol–water partition coefficient (Wildman–Crippen LogP) is 2.53. The Bertz CT molecular complexity index is 664. The first-order valence-corrected chi connectivity index (χ1v) is 7.06. The molecule has 0 unspecified atom stereocenters. The number of fused-ring (bicyclic) bond motifs is 1. The van der Waals surface area contributed by atoms with Crippen LogP contribution >= 0.6 is 0 Å². The van der Waals surface area contributed by atoms with E-state index in [0.29, 0.717) is 6.54 Å². The Morgan fingerprint density at radius 2 is 1.86 bits per heavy atom. The van der Waals surface area contributed by atoms with Gasteiger partial charge in [0.05, 0.1) is 6.54 Å². The van der Waals surface area contributed by atoms with E-state index in [2.05, 4.69) is 10.2 Å². The van der Waals surface area contributed by atoms with Crippen molar-refractivity contribution < 1.29 is 4.79 Å². The van der Waals surface area contributed by atoms with Crippen LogP contribution < -0.4 is 11.1 Å². The van der Waals surface area contributed by atoms with Crippen molar-refractivity contribution >= 4 is 17.3 Å². The van der Waals surface area contributed by atoms with Gasteiger partial charge in [-0.05, 0) is 42.3 Å². The number of anilines is 2. The molecule has 1 aliphatic heterocycles. The molecular formula is C17H19N3O. The number of nitrogens with one attached hydrogen (secondary N) is 1. The molecule has 0 bridgehead atoms. The number of rotatable bonds is 3. The first-order chi connectivity index (χ1) is 10.1. The lowest BCUT2D eigenvalue weighted by molar-refractivity contribution is -0.117. The van der Waals surface area contributed by atoms with E-state index in [-0.39, 0.29) is 5.91 Å². The molecule has 2 aromatic rings. The highest BCUT2D eigenvalue weighted by atomic mass is 16.2. The van der Waals surface area contributed by atoms with Gasteiger partial charge in [0.2, 0.25) is 5.91 Å². The molecule has 0 radical (unpaired) electrons. The molecule has 1 amide bonds. The maximum atomic E-state index is 12.1. The Morgan fingerprint density at radius 1 is 1.14 bits per heavy atom. The van der Waals surface area contributed by atoms with Crippen molar-refractivity contribution in [3.63, 3.8) is 0 Å². The minimum atomic E-state index is 0.0135. The molecule has 4 nitrogen and oxygen atoms in total. The van der Waals surface area contributed by atoms with E-state index in [4.69, 9.17) is 5.73 Å². The second-order valence-electron chi connectivity index (χ2n) is 5.59. The van der Waals surface area contributed by atoms with Crippen molar-refractivity contribution in [1.29, 1.82) is 0 Å². The zero-order chi connectivity index (χ0) is 14.8. The molecule has 0 saturated heterocycles. The maximum Gasteiger partial charge on any atom is 0.238 e. The van der Waals surface area contributed by atoms with Crippen molar-refractivity contribution in [2.75, 3.05) is 17.6 Å². The second-order valence-corrected chi connectivity index (χ2v) is 5.59. The van der Waals surface area contributed by atoms with Crippen LogP contribution in [0.15, 0.2) is 42.5 Å². The Labute approximate surface area is 124 Å². The first-order valence-electron chi connectivity index (χ1n) is 7.06. The van der Waals surface area contributed by atoms with E-state index >= 15 is 0 Å². The third-order valence-electron chi connectivity index (χ3n) is 3.72. The molecule has 0 spiro atoms. The van der Waals surface area contributed by atoms with Gasteiger partial charge in [-0.25, -0.2) is 0 Å². The number of nitrogens with zero attached hydrogens (tertiary/aromatic N) is 1. The summed E-state index contributed by atoms with van der Waals surface area (Å²) in [6.45, 7) is 4.00. The topological polar surface area (TPSA) is 58.4 Å². The molecule has 2 aromatic carbocycles. The summed E-state index contributed by atoms with van der Waals surface area (Å²) in [5.74, 6) is 0.0135. The third-order valence-corrected chi connectivity index (χ3v) is 3.72. The standard InChI is InChI=1S/C17H19N3O/c1-12-2-6-16(7-3-12)19-17(21)11-20-9-13-4-5-15(18)8-14(13)10-20/h2-8H,9-11,18H2,1H3,(H,19,21). The van der Waals surface area contributed by atoms with Crippen LogP contribution in [-0.4, -0.2) is 17.4 Å². The van der Waals surface area contributed by atoms with Gasteiger partial charge in [0.25, 0.3) is 0 Å². The van der Waals surface area contributed by atoms with Gasteiger partial charge in [-0.2, -0.15) is 0 Å². The molecule has 3 N–H and O–H groups in total. The van der Waals surface area contributed by atoms with Crippen LogP contribution in [0.5, 0.6) is 0 Å². The summed E-state index contributed by atoms with van der Waals surface area (Å²) in [4.78, 5) is 14.2. The second kappa shape index (κ2) is 5.58. The van der Waals surface area contributed by atoms with Gasteiger partial charge in [0, 0.05) is 24.5 Å². The molecule has 0 aliphatic carbocycles. The highest BCUT2D eigenvalue weighted by Crippen LogP contribution is 2.24. The SMILES string of the molecule is Cc1ccc(NC(=O)CN2Cc3ccc(N)cc3C2)cc1. The number of nitrogens with two attached hydrogens (primary N) is 1. The van der Waals surface area contributed by atoms with Gasteiger partial charge in [0.1, 0.15) is 0 Å². The van der Waals surface area contributed by atoms with Gasteiger partial charge < -0.3 is 11.1 Å². The minimum Gasteiger partial charge on any atom is -0.399 e. The van der Waals surface area contributed by atoms with Gasteiger partial charge in [-0.3, -0.25) is 9.69 Å². The number of benzene rings is 2. The Hall–Kier alpha value is -2.33. The fourth-order valence-corrected chi connectivity index (χ4v) is 2.64. The van der Waals surface area contributed by atoms with Crippen molar-refractivity contribution in [2.24, 2.45) is 0 Å². The zero-order valence-corrected chi connectivity index (χ0v) is 12.1. The Balaban J connectivity index is 1.58. The Kier molecular flexibility index (Phi) is 3.62. The molecule has 108 valence electrons. The molecule has 0 saturated carbocycles. The van der Waals surface area contributed by atoms with Crippen molar-refractivity contribution in [3.8, 4) is 0 Å². The average Bonchev–Trinajstić information content (AvgIpc) is 2.82. The largest absolute Gasteiger partial charge is 0.399 e. The van der Waals surface area contributed by atoms with Gasteiger partial charge in [-0.15, -0.1) is 0 Å². The lowest BCUT2D eigenvalue weighted by atomic mass is 10.1. The average molecular weight is 281 g/mol. The van der Waals surface area contributed by atoms with E-state index < -0.39 is 0 Å². The number of nitrogen functional groups attached to an aromatic ring is 1. The van der Waals surface area contributed by atoms with Gasteiger partial charge in [-0.1, -0.05) is 23.8 Å². The number of carbonyl (C=O) groups excluding carboxylic acids is 1. The molecule has 0 atom stereocenters. The summed E-state index contributed by atoms with van der Waals surface area (Å²) in [7, 11) is 0. The van der Waals surface area contributed by atoms with Crippen molar-refractivity contribution in [1.82, 2.24) is 4.90 Å². The van der Waals surface area contributed by atoms with Crippen LogP contribution in [0.2, 0.25) is 0 Å². The zero-order valence-electron chi connectivity index (χ0n) is 12.1. The summed E-state index contributed by atoms with van der Waals surface area (Å²) >= 11 is 0. The maximum absolute atomic E-state index is 12.1. The molecule has 1 aliphatic rings. The molecular weight excluding hydrogens is 262 g/mol. The summed E-state index contributed by atoms with van der Waals surface area (Å²) in [5, 5.41) is 2.93. The number of hydrogen-bond acceptors (Lipinski definition) is 3. The first kappa shape index (κ1) is 13.6. The summed E-state index contributed by atoms with van der Waals surface area (Å²) in [6.07, 6.45) is 0. The summed E-state index contributed by atoms with van der Waals surface area (Å²) < 4.78 is 0. The number of carbonyl (C=O) groups is 1. The van der Waals surface area contributed by atoms with E-state index in [1.165, 1.54) is 16.7 Å². The fourth-order valence-electron chi connectivity index (χ4n) is 2.64. The van der Waals surface area contributed by atoms with E-state index in [1.807, 2.05) is 49.4 Å². The summed E-state index contributed by atoms with van der Waals surface area (Å²) in [5.41, 5.74) is 11.1. The van der Waals surface area contributed by atoms with Crippen LogP contribution in [-0.2, 0) is 17.9 Å². The lowest BCUT2D eigenvalue weighted by Crippen LogP contribution is -2.29. The van der Waals surface area contributed by atoms with Gasteiger partial charge in [0.15, 0.2) is 0 Å². The number of amides is 1.